The Morgan fingerprint density at radius 3 is 2.67 bits per heavy atom. The van der Waals surface area contributed by atoms with E-state index < -0.39 is 0 Å². The molecule has 3 heteroatoms. The van der Waals surface area contributed by atoms with E-state index in [1.165, 1.54) is 63.2 Å². The van der Waals surface area contributed by atoms with Crippen molar-refractivity contribution in [3.05, 3.63) is 0 Å². The van der Waals surface area contributed by atoms with Gasteiger partial charge in [0.1, 0.15) is 0 Å². The minimum Gasteiger partial charge on any atom is -0.316 e. The number of rotatable bonds is 10. The number of unbranched alkanes of at least 4 members (excludes halogenated alkanes) is 3. The van der Waals surface area contributed by atoms with Gasteiger partial charge in [-0.2, -0.15) is 11.8 Å². The van der Waals surface area contributed by atoms with Gasteiger partial charge in [0.15, 0.2) is 0 Å². The van der Waals surface area contributed by atoms with Crippen LogP contribution < -0.4 is 5.32 Å². The van der Waals surface area contributed by atoms with Crippen molar-refractivity contribution in [2.45, 2.75) is 52.0 Å². The van der Waals surface area contributed by atoms with Crippen LogP contribution >= 0.6 is 11.8 Å². The van der Waals surface area contributed by atoms with Gasteiger partial charge in [-0.05, 0) is 57.6 Å². The number of thioether (sulfide) groups is 1. The topological polar surface area (TPSA) is 15.3 Å². The van der Waals surface area contributed by atoms with E-state index in [0.29, 0.717) is 0 Å². The van der Waals surface area contributed by atoms with E-state index in [1.807, 2.05) is 0 Å². The molecule has 2 nitrogen and oxygen atoms in total. The maximum atomic E-state index is 3.52. The van der Waals surface area contributed by atoms with E-state index in [1.54, 1.807) is 0 Å². The zero-order valence-electron chi connectivity index (χ0n) is 12.6. The lowest BCUT2D eigenvalue weighted by Gasteiger charge is -2.23. The molecule has 0 aliphatic carbocycles. The maximum absolute atomic E-state index is 3.52. The van der Waals surface area contributed by atoms with E-state index in [2.05, 4.69) is 42.9 Å². The van der Waals surface area contributed by atoms with Crippen LogP contribution in [0.3, 0.4) is 0 Å². The summed E-state index contributed by atoms with van der Waals surface area (Å²) in [6.07, 6.45) is 6.91. The first-order valence-corrected chi connectivity index (χ1v) is 8.84. The second kappa shape index (κ2) is 10.1. The molecule has 1 rings (SSSR count). The van der Waals surface area contributed by atoms with Gasteiger partial charge in [0.25, 0.3) is 0 Å². The van der Waals surface area contributed by atoms with Crippen molar-refractivity contribution in [3.8, 4) is 0 Å². The Labute approximate surface area is 118 Å². The molecule has 0 spiro atoms. The summed E-state index contributed by atoms with van der Waals surface area (Å²) in [4.78, 5) is 2.58. The molecule has 0 aromatic heterocycles. The summed E-state index contributed by atoms with van der Waals surface area (Å²) in [6.45, 7) is 8.20. The smallest absolute Gasteiger partial charge is 0.0191 e. The summed E-state index contributed by atoms with van der Waals surface area (Å²) < 4.78 is 0. The monoisotopic (exact) mass is 272 g/mol. The number of hydrogen-bond donors (Lipinski definition) is 1. The molecule has 0 aromatic rings. The standard InChI is InChI=1S/C15H32N2S/c1-14(2)12-16-9-6-4-5-7-10-17(3)15-8-11-18-13-15/h14-16H,4-13H2,1-3H3. The van der Waals surface area contributed by atoms with Gasteiger partial charge in [-0.3, -0.25) is 0 Å². The summed E-state index contributed by atoms with van der Waals surface area (Å²) in [5, 5.41) is 3.52. The molecule has 1 aliphatic heterocycles. The lowest BCUT2D eigenvalue weighted by molar-refractivity contribution is 0.256. The highest BCUT2D eigenvalue weighted by Crippen LogP contribution is 2.21. The van der Waals surface area contributed by atoms with E-state index >= 15 is 0 Å². The maximum Gasteiger partial charge on any atom is 0.0191 e. The van der Waals surface area contributed by atoms with E-state index in [4.69, 9.17) is 0 Å². The first-order chi connectivity index (χ1) is 8.70. The van der Waals surface area contributed by atoms with Gasteiger partial charge in [-0.1, -0.05) is 26.7 Å². The molecule has 1 heterocycles. The lowest BCUT2D eigenvalue weighted by Crippen LogP contribution is -2.32. The van der Waals surface area contributed by atoms with Crippen molar-refractivity contribution in [2.24, 2.45) is 5.92 Å². The molecule has 18 heavy (non-hydrogen) atoms. The number of hydrogen-bond acceptors (Lipinski definition) is 3. The molecule has 1 aliphatic rings. The third-order valence-corrected chi connectivity index (χ3v) is 4.84. The second-order valence-corrected chi connectivity index (χ2v) is 7.16. The Hall–Kier alpha value is 0.270. The molecule has 0 radical (unpaired) electrons. The fourth-order valence-corrected chi connectivity index (χ4v) is 3.71. The van der Waals surface area contributed by atoms with Crippen LogP contribution in [0.2, 0.25) is 0 Å². The van der Waals surface area contributed by atoms with Crippen LogP contribution in [0.25, 0.3) is 0 Å². The largest absolute Gasteiger partial charge is 0.316 e. The van der Waals surface area contributed by atoms with Gasteiger partial charge in [-0.25, -0.2) is 0 Å². The minimum atomic E-state index is 0.780. The van der Waals surface area contributed by atoms with Crippen molar-refractivity contribution in [1.29, 1.82) is 0 Å². The Morgan fingerprint density at radius 1 is 1.22 bits per heavy atom. The quantitative estimate of drug-likeness (QED) is 0.615. The molecule has 1 N–H and O–H groups in total. The Bertz CT molecular complexity index is 191. The number of nitrogens with one attached hydrogen (secondary N) is 1. The van der Waals surface area contributed by atoms with Crippen LogP contribution in [-0.4, -0.2) is 49.1 Å². The van der Waals surface area contributed by atoms with E-state index in [9.17, 15) is 0 Å². The molecule has 108 valence electrons. The third-order valence-electron chi connectivity index (χ3n) is 3.70. The normalized spacial score (nSPS) is 20.2. The Morgan fingerprint density at radius 2 is 2.00 bits per heavy atom. The highest BCUT2D eigenvalue weighted by atomic mass is 32.2. The zero-order valence-corrected chi connectivity index (χ0v) is 13.4. The van der Waals surface area contributed by atoms with E-state index in [0.717, 1.165) is 12.0 Å². The molecule has 1 atom stereocenters. The second-order valence-electron chi connectivity index (χ2n) is 6.01. The third kappa shape index (κ3) is 7.65. The molecular weight excluding hydrogens is 240 g/mol. The van der Waals surface area contributed by atoms with Crippen LogP contribution in [0.5, 0.6) is 0 Å². The van der Waals surface area contributed by atoms with Gasteiger partial charge in [-0.15, -0.1) is 0 Å². The Balaban J connectivity index is 1.83. The minimum absolute atomic E-state index is 0.780. The SMILES string of the molecule is CC(C)CNCCCCCCN(C)C1CCSC1. The highest BCUT2D eigenvalue weighted by molar-refractivity contribution is 7.99. The van der Waals surface area contributed by atoms with Gasteiger partial charge >= 0.3 is 0 Å². The highest BCUT2D eigenvalue weighted by Gasteiger charge is 2.18. The molecule has 1 saturated heterocycles. The molecule has 0 amide bonds. The fraction of sp³-hybridized carbons (Fsp3) is 1.00. The lowest BCUT2D eigenvalue weighted by atomic mass is 10.1. The van der Waals surface area contributed by atoms with Crippen molar-refractivity contribution < 1.29 is 0 Å². The zero-order chi connectivity index (χ0) is 13.2. The molecule has 0 bridgehead atoms. The molecule has 0 saturated carbocycles. The van der Waals surface area contributed by atoms with Crippen LogP contribution in [0.1, 0.15) is 46.0 Å². The van der Waals surface area contributed by atoms with Crippen molar-refractivity contribution in [2.75, 3.05) is 38.2 Å². The molecule has 0 aromatic carbocycles. The average molecular weight is 273 g/mol. The predicted molar refractivity (Wildman–Crippen MR) is 84.5 cm³/mol. The first-order valence-electron chi connectivity index (χ1n) is 7.69. The van der Waals surface area contributed by atoms with Gasteiger partial charge in [0.2, 0.25) is 0 Å². The van der Waals surface area contributed by atoms with Crippen molar-refractivity contribution in [3.63, 3.8) is 0 Å². The Kier molecular flexibility index (Phi) is 9.16. The van der Waals surface area contributed by atoms with Crippen LogP contribution in [-0.2, 0) is 0 Å². The summed E-state index contributed by atoms with van der Waals surface area (Å²) >= 11 is 2.12. The summed E-state index contributed by atoms with van der Waals surface area (Å²) in [5.74, 6) is 3.51. The van der Waals surface area contributed by atoms with Crippen LogP contribution in [0.4, 0.5) is 0 Å². The van der Waals surface area contributed by atoms with Gasteiger partial charge in [0.05, 0.1) is 0 Å². The molecule has 1 fully saturated rings. The van der Waals surface area contributed by atoms with Crippen molar-refractivity contribution in [1.82, 2.24) is 10.2 Å². The summed E-state index contributed by atoms with van der Waals surface area (Å²) in [6, 6.07) is 0.864. The average Bonchev–Trinajstić information content (AvgIpc) is 2.85. The van der Waals surface area contributed by atoms with Gasteiger partial charge < -0.3 is 10.2 Å². The molecular formula is C15H32N2S. The van der Waals surface area contributed by atoms with Crippen molar-refractivity contribution >= 4 is 11.8 Å². The van der Waals surface area contributed by atoms with Crippen LogP contribution in [0, 0.1) is 5.92 Å². The number of nitrogens with zero attached hydrogens (tertiary/aromatic N) is 1. The van der Waals surface area contributed by atoms with Crippen LogP contribution in [0.15, 0.2) is 0 Å². The first kappa shape index (κ1) is 16.3. The van der Waals surface area contributed by atoms with E-state index in [-0.39, 0.29) is 0 Å². The predicted octanol–water partition coefficient (Wildman–Crippen LogP) is 3.23. The van der Waals surface area contributed by atoms with Gasteiger partial charge in [0, 0.05) is 11.8 Å². The fourth-order valence-electron chi connectivity index (χ4n) is 2.41. The summed E-state index contributed by atoms with van der Waals surface area (Å²) in [7, 11) is 2.31. The molecule has 1 unspecified atom stereocenters. The summed E-state index contributed by atoms with van der Waals surface area (Å²) in [5.41, 5.74) is 0.